The number of tetrazole rings is 1. The summed E-state index contributed by atoms with van der Waals surface area (Å²) >= 11 is 12.6. The van der Waals surface area contributed by atoms with Crippen LogP contribution in [-0.2, 0) is 4.79 Å². The molecule has 0 saturated heterocycles. The molecule has 0 aliphatic rings. The molecule has 0 bridgehead atoms. The molecule has 146 valence electrons. The molecular weight excluding hydrogens is 401 g/mol. The average molecular weight is 420 g/mol. The van der Waals surface area contributed by atoms with Crippen LogP contribution in [0.25, 0.3) is 5.69 Å². The van der Waals surface area contributed by atoms with Crippen molar-refractivity contribution >= 4 is 29.6 Å². The fraction of sp³-hybridized carbons (Fsp3) is 0.263. The number of carbonyl (C=O) groups excluding carboxylic acids is 1. The van der Waals surface area contributed by atoms with Gasteiger partial charge in [-0.1, -0.05) is 41.4 Å². The average Bonchev–Trinajstić information content (AvgIpc) is 3.10. The Morgan fingerprint density at radius 2 is 1.89 bits per heavy atom. The van der Waals surface area contributed by atoms with Crippen LogP contribution in [0.2, 0.25) is 10.0 Å². The molecular formula is C19H19Cl2N5O2. The van der Waals surface area contributed by atoms with Crippen LogP contribution in [0.4, 0.5) is 0 Å². The summed E-state index contributed by atoms with van der Waals surface area (Å²) < 4.78 is 7.12. The number of hydrogen-bond acceptors (Lipinski definition) is 5. The number of hydrogen-bond donors (Lipinski definition) is 0. The molecule has 7 nitrogen and oxygen atoms in total. The van der Waals surface area contributed by atoms with Gasteiger partial charge in [0, 0.05) is 17.6 Å². The van der Waals surface area contributed by atoms with Crippen molar-refractivity contribution < 1.29 is 9.53 Å². The first-order chi connectivity index (χ1) is 13.4. The summed E-state index contributed by atoms with van der Waals surface area (Å²) in [4.78, 5) is 13.2. The first kappa shape index (κ1) is 20.1. The number of para-hydroxylation sites is 1. The summed E-state index contributed by atoms with van der Waals surface area (Å²) in [5, 5.41) is 13.0. The van der Waals surface area contributed by atoms with Gasteiger partial charge >= 0.3 is 0 Å². The van der Waals surface area contributed by atoms with Crippen LogP contribution in [0, 0.1) is 13.8 Å². The molecule has 2 aromatic carbocycles. The van der Waals surface area contributed by atoms with E-state index in [4.69, 9.17) is 27.9 Å². The minimum Gasteiger partial charge on any atom is -0.495 e. The highest BCUT2D eigenvalue weighted by atomic mass is 35.5. The third kappa shape index (κ3) is 3.55. The van der Waals surface area contributed by atoms with E-state index in [2.05, 4.69) is 15.5 Å². The highest BCUT2D eigenvalue weighted by Crippen LogP contribution is 2.40. The van der Waals surface area contributed by atoms with E-state index in [1.54, 1.807) is 23.9 Å². The van der Waals surface area contributed by atoms with E-state index in [1.165, 1.54) is 12.0 Å². The van der Waals surface area contributed by atoms with Crippen molar-refractivity contribution in [3.8, 4) is 11.4 Å². The van der Waals surface area contributed by atoms with E-state index in [0.29, 0.717) is 33.6 Å². The molecule has 0 aliphatic heterocycles. The molecule has 0 fully saturated rings. The number of aromatic nitrogens is 4. The lowest BCUT2D eigenvalue weighted by Gasteiger charge is -2.26. The van der Waals surface area contributed by atoms with Gasteiger partial charge in [0.15, 0.2) is 5.82 Å². The van der Waals surface area contributed by atoms with Crippen molar-refractivity contribution in [3.63, 3.8) is 0 Å². The van der Waals surface area contributed by atoms with Gasteiger partial charge in [0.05, 0.1) is 17.8 Å². The molecule has 0 aliphatic carbocycles. The Labute approximate surface area is 172 Å². The fourth-order valence-corrected chi connectivity index (χ4v) is 3.85. The van der Waals surface area contributed by atoms with E-state index in [1.807, 2.05) is 32.0 Å². The van der Waals surface area contributed by atoms with Gasteiger partial charge in [0.1, 0.15) is 11.8 Å². The quantitative estimate of drug-likeness (QED) is 0.568. The molecule has 0 radical (unpaired) electrons. The zero-order valence-corrected chi connectivity index (χ0v) is 17.4. The van der Waals surface area contributed by atoms with Crippen molar-refractivity contribution in [2.24, 2.45) is 0 Å². The number of amides is 1. The summed E-state index contributed by atoms with van der Waals surface area (Å²) in [5.74, 6) is 0.837. The van der Waals surface area contributed by atoms with Crippen LogP contribution in [0.15, 0.2) is 30.3 Å². The fourth-order valence-electron chi connectivity index (χ4n) is 3.26. The van der Waals surface area contributed by atoms with Crippen LogP contribution in [-0.4, -0.2) is 45.7 Å². The highest BCUT2D eigenvalue weighted by Gasteiger charge is 2.30. The zero-order chi connectivity index (χ0) is 20.4. The summed E-state index contributed by atoms with van der Waals surface area (Å²) in [6, 6.07) is 8.52. The smallest absolute Gasteiger partial charge is 0.210 e. The van der Waals surface area contributed by atoms with E-state index < -0.39 is 6.04 Å². The predicted octanol–water partition coefficient (Wildman–Crippen LogP) is 3.77. The van der Waals surface area contributed by atoms with E-state index in [0.717, 1.165) is 16.8 Å². The Hall–Kier alpha value is -2.64. The van der Waals surface area contributed by atoms with Gasteiger partial charge in [0.25, 0.3) is 0 Å². The summed E-state index contributed by atoms with van der Waals surface area (Å²) in [7, 11) is 3.14. The maximum absolute atomic E-state index is 11.7. The lowest BCUT2D eigenvalue weighted by molar-refractivity contribution is -0.118. The minimum atomic E-state index is -0.669. The molecule has 28 heavy (non-hydrogen) atoms. The van der Waals surface area contributed by atoms with Crippen molar-refractivity contribution in [1.82, 2.24) is 25.1 Å². The Kier molecular flexibility index (Phi) is 5.86. The molecule has 3 rings (SSSR count). The second kappa shape index (κ2) is 8.16. The normalized spacial score (nSPS) is 11.9. The monoisotopic (exact) mass is 419 g/mol. The highest BCUT2D eigenvalue weighted by molar-refractivity contribution is 6.35. The molecule has 0 unspecified atom stereocenters. The van der Waals surface area contributed by atoms with Gasteiger partial charge in [-0.25, -0.2) is 0 Å². The minimum absolute atomic E-state index is 0.334. The van der Waals surface area contributed by atoms with Gasteiger partial charge in [0.2, 0.25) is 6.41 Å². The van der Waals surface area contributed by atoms with Crippen LogP contribution >= 0.6 is 23.2 Å². The number of methoxy groups -OCH3 is 1. The first-order valence-corrected chi connectivity index (χ1v) is 9.19. The molecule has 1 heterocycles. The predicted molar refractivity (Wildman–Crippen MR) is 107 cm³/mol. The third-order valence-electron chi connectivity index (χ3n) is 4.50. The van der Waals surface area contributed by atoms with Crippen molar-refractivity contribution in [2.45, 2.75) is 19.9 Å². The molecule has 1 atom stereocenters. The number of rotatable bonds is 6. The molecule has 1 aromatic heterocycles. The first-order valence-electron chi connectivity index (χ1n) is 8.44. The van der Waals surface area contributed by atoms with Crippen LogP contribution in [0.1, 0.15) is 28.6 Å². The zero-order valence-electron chi connectivity index (χ0n) is 15.8. The van der Waals surface area contributed by atoms with Crippen molar-refractivity contribution in [3.05, 3.63) is 62.9 Å². The van der Waals surface area contributed by atoms with Gasteiger partial charge in [-0.3, -0.25) is 4.79 Å². The van der Waals surface area contributed by atoms with Gasteiger partial charge in [-0.05, 0) is 47.5 Å². The van der Waals surface area contributed by atoms with Gasteiger partial charge in [-0.15, -0.1) is 5.10 Å². The number of carbonyl (C=O) groups is 1. The van der Waals surface area contributed by atoms with Gasteiger partial charge in [-0.2, -0.15) is 4.68 Å². The Morgan fingerprint density at radius 1 is 1.21 bits per heavy atom. The maximum Gasteiger partial charge on any atom is 0.210 e. The van der Waals surface area contributed by atoms with E-state index in [-0.39, 0.29) is 0 Å². The number of halogens is 2. The second-order valence-corrected chi connectivity index (χ2v) is 7.22. The van der Waals surface area contributed by atoms with Crippen LogP contribution in [0.5, 0.6) is 5.75 Å². The SMILES string of the molecule is COc1c(Cl)cc(Cl)cc1[C@@H](c1nnnn1-c1c(C)cccc1C)N(C)C=O. The molecule has 1 amide bonds. The maximum atomic E-state index is 11.7. The van der Waals surface area contributed by atoms with E-state index >= 15 is 0 Å². The molecule has 3 aromatic rings. The molecule has 9 heteroatoms. The Morgan fingerprint density at radius 3 is 2.50 bits per heavy atom. The topological polar surface area (TPSA) is 73.1 Å². The van der Waals surface area contributed by atoms with Crippen molar-refractivity contribution in [1.29, 1.82) is 0 Å². The number of benzene rings is 2. The second-order valence-electron chi connectivity index (χ2n) is 6.37. The van der Waals surface area contributed by atoms with Crippen LogP contribution < -0.4 is 4.74 Å². The number of nitrogens with zero attached hydrogens (tertiary/aromatic N) is 5. The standard InChI is InChI=1S/C19H19Cl2N5O2/c1-11-6-5-7-12(2)16(11)26-19(22-23-24-26)17(25(3)10-27)14-8-13(20)9-15(21)18(14)28-4/h5-10,17H,1-4H3/t17-/m0/s1. The lowest BCUT2D eigenvalue weighted by atomic mass is 10.0. The van der Waals surface area contributed by atoms with Crippen molar-refractivity contribution in [2.75, 3.05) is 14.2 Å². The third-order valence-corrected chi connectivity index (χ3v) is 5.00. The lowest BCUT2D eigenvalue weighted by Crippen LogP contribution is -2.28. The number of aryl methyl sites for hydroxylation is 2. The molecule has 0 saturated carbocycles. The molecule has 0 N–H and O–H groups in total. The largest absolute Gasteiger partial charge is 0.495 e. The summed E-state index contributed by atoms with van der Waals surface area (Å²) in [5.41, 5.74) is 3.42. The Balaban J connectivity index is 2.28. The summed E-state index contributed by atoms with van der Waals surface area (Å²) in [6.07, 6.45) is 0.697. The summed E-state index contributed by atoms with van der Waals surface area (Å²) in [6.45, 7) is 3.95. The Bertz CT molecular complexity index is 1000. The van der Waals surface area contributed by atoms with E-state index in [9.17, 15) is 4.79 Å². The van der Waals surface area contributed by atoms with Crippen LogP contribution in [0.3, 0.4) is 0 Å². The molecule has 0 spiro atoms. The number of ether oxygens (including phenoxy) is 1. The van der Waals surface area contributed by atoms with Gasteiger partial charge < -0.3 is 9.64 Å².